The maximum atomic E-state index is 11.8. The first-order chi connectivity index (χ1) is 11.5. The Kier molecular flexibility index (Phi) is 6.19. The fourth-order valence-electron chi connectivity index (χ4n) is 1.85. The molecule has 24 heavy (non-hydrogen) atoms. The molecule has 0 aliphatic heterocycles. The highest BCUT2D eigenvalue weighted by atomic mass is 32.1. The molecule has 0 radical (unpaired) electrons. The van der Waals surface area contributed by atoms with Crippen molar-refractivity contribution in [3.8, 4) is 5.75 Å². The molecule has 0 spiro atoms. The molecule has 2 rings (SSSR count). The van der Waals surface area contributed by atoms with Crippen LogP contribution in [0.25, 0.3) is 0 Å². The van der Waals surface area contributed by atoms with Crippen molar-refractivity contribution in [3.63, 3.8) is 0 Å². The van der Waals surface area contributed by atoms with Gasteiger partial charge in [-0.25, -0.2) is 0 Å². The number of ether oxygens (including phenoxy) is 1. The van der Waals surface area contributed by atoms with Crippen molar-refractivity contribution in [2.75, 3.05) is 11.9 Å². The SMILES string of the molecule is CC(C)c1nnc(NC(=O)CCCOc2ccccc2[N+](=O)[O-])s1. The average Bonchev–Trinajstić information content (AvgIpc) is 3.00. The molecule has 1 aromatic carbocycles. The number of nitro benzene ring substituents is 1. The first kappa shape index (κ1) is 17.8. The number of rotatable bonds is 8. The van der Waals surface area contributed by atoms with Crippen molar-refractivity contribution in [1.29, 1.82) is 0 Å². The van der Waals surface area contributed by atoms with E-state index in [4.69, 9.17) is 4.74 Å². The van der Waals surface area contributed by atoms with E-state index in [9.17, 15) is 14.9 Å². The Morgan fingerprint density at radius 2 is 2.12 bits per heavy atom. The molecule has 1 heterocycles. The van der Waals surface area contributed by atoms with Crippen LogP contribution < -0.4 is 10.1 Å². The standard InChI is InChI=1S/C15H18N4O4S/c1-10(2)14-17-18-15(24-14)16-13(20)8-5-9-23-12-7-4-3-6-11(12)19(21)22/h3-4,6-7,10H,5,8-9H2,1-2H3,(H,16,18,20). The minimum atomic E-state index is -0.496. The zero-order valence-electron chi connectivity index (χ0n) is 13.4. The summed E-state index contributed by atoms with van der Waals surface area (Å²) < 4.78 is 5.39. The number of carbonyl (C=O) groups is 1. The summed E-state index contributed by atoms with van der Waals surface area (Å²) in [5.74, 6) is 0.282. The molecule has 0 fully saturated rings. The van der Waals surface area contributed by atoms with E-state index in [1.165, 1.54) is 23.5 Å². The lowest BCUT2D eigenvalue weighted by atomic mass is 10.2. The summed E-state index contributed by atoms with van der Waals surface area (Å²) in [7, 11) is 0. The molecule has 0 unspecified atom stereocenters. The number of anilines is 1. The Morgan fingerprint density at radius 1 is 1.38 bits per heavy atom. The van der Waals surface area contributed by atoms with Gasteiger partial charge in [0.25, 0.3) is 0 Å². The van der Waals surface area contributed by atoms with Crippen molar-refractivity contribution in [2.24, 2.45) is 0 Å². The molecular formula is C15H18N4O4S. The van der Waals surface area contributed by atoms with Gasteiger partial charge in [0, 0.05) is 18.4 Å². The minimum Gasteiger partial charge on any atom is -0.487 e. The number of hydrogen-bond acceptors (Lipinski definition) is 7. The third kappa shape index (κ3) is 4.98. The average molecular weight is 350 g/mol. The second-order valence-electron chi connectivity index (χ2n) is 5.33. The van der Waals surface area contributed by atoms with Crippen molar-refractivity contribution in [2.45, 2.75) is 32.6 Å². The summed E-state index contributed by atoms with van der Waals surface area (Å²) in [5, 5.41) is 22.8. The summed E-state index contributed by atoms with van der Waals surface area (Å²) >= 11 is 1.35. The number of nitrogens with one attached hydrogen (secondary N) is 1. The van der Waals surface area contributed by atoms with Crippen LogP contribution in [0.3, 0.4) is 0 Å². The van der Waals surface area contributed by atoms with Crippen LogP contribution in [-0.2, 0) is 4.79 Å². The van der Waals surface area contributed by atoms with Gasteiger partial charge in [-0.3, -0.25) is 14.9 Å². The van der Waals surface area contributed by atoms with Crippen LogP contribution in [0.4, 0.5) is 10.8 Å². The number of nitrogens with zero attached hydrogens (tertiary/aromatic N) is 3. The highest BCUT2D eigenvalue weighted by molar-refractivity contribution is 7.15. The van der Waals surface area contributed by atoms with Gasteiger partial charge < -0.3 is 10.1 Å². The molecule has 9 heteroatoms. The third-order valence-corrected chi connectivity index (χ3v) is 4.19. The van der Waals surface area contributed by atoms with Gasteiger partial charge in [-0.1, -0.05) is 37.3 Å². The molecule has 1 aromatic heterocycles. The third-order valence-electron chi connectivity index (χ3n) is 3.05. The van der Waals surface area contributed by atoms with Gasteiger partial charge in [-0.15, -0.1) is 10.2 Å². The van der Waals surface area contributed by atoms with Crippen LogP contribution >= 0.6 is 11.3 Å². The Hall–Kier alpha value is -2.55. The van der Waals surface area contributed by atoms with Crippen LogP contribution in [0.2, 0.25) is 0 Å². The topological polar surface area (TPSA) is 107 Å². The maximum absolute atomic E-state index is 11.8. The number of amides is 1. The van der Waals surface area contributed by atoms with Gasteiger partial charge in [0.1, 0.15) is 5.01 Å². The fourth-order valence-corrected chi connectivity index (χ4v) is 2.61. The Bertz CT molecular complexity index is 717. The van der Waals surface area contributed by atoms with Crippen LogP contribution in [0.5, 0.6) is 5.75 Å². The fraction of sp³-hybridized carbons (Fsp3) is 0.400. The number of aromatic nitrogens is 2. The Balaban J connectivity index is 1.76. The monoisotopic (exact) mass is 350 g/mol. The molecule has 1 N–H and O–H groups in total. The molecule has 2 aromatic rings. The Morgan fingerprint density at radius 3 is 2.79 bits per heavy atom. The number of carbonyl (C=O) groups excluding carboxylic acids is 1. The van der Waals surface area contributed by atoms with Gasteiger partial charge in [0.05, 0.1) is 11.5 Å². The van der Waals surface area contributed by atoms with Crippen LogP contribution in [0, 0.1) is 10.1 Å². The number of hydrogen-bond donors (Lipinski definition) is 1. The number of nitro groups is 1. The maximum Gasteiger partial charge on any atom is 0.310 e. The molecule has 0 aliphatic carbocycles. The second kappa shape index (κ2) is 8.34. The molecule has 0 saturated heterocycles. The second-order valence-corrected chi connectivity index (χ2v) is 6.33. The molecule has 128 valence electrons. The van der Waals surface area contributed by atoms with Gasteiger partial charge in [-0.05, 0) is 12.5 Å². The smallest absolute Gasteiger partial charge is 0.310 e. The quantitative estimate of drug-likeness (QED) is 0.444. The zero-order valence-corrected chi connectivity index (χ0v) is 14.2. The lowest BCUT2D eigenvalue weighted by molar-refractivity contribution is -0.385. The number of para-hydroxylation sites is 2. The lowest BCUT2D eigenvalue weighted by Crippen LogP contribution is -2.12. The predicted molar refractivity (Wildman–Crippen MR) is 90.5 cm³/mol. The van der Waals surface area contributed by atoms with Gasteiger partial charge >= 0.3 is 5.69 Å². The van der Waals surface area contributed by atoms with Crippen molar-refractivity contribution < 1.29 is 14.5 Å². The van der Waals surface area contributed by atoms with Crippen molar-refractivity contribution in [3.05, 3.63) is 39.4 Å². The van der Waals surface area contributed by atoms with Gasteiger partial charge in [0.2, 0.25) is 11.0 Å². The molecule has 0 atom stereocenters. The first-order valence-corrected chi connectivity index (χ1v) is 8.28. The summed E-state index contributed by atoms with van der Waals surface area (Å²) in [5.41, 5.74) is -0.0861. The number of benzene rings is 1. The van der Waals surface area contributed by atoms with Crippen molar-refractivity contribution in [1.82, 2.24) is 10.2 Å². The van der Waals surface area contributed by atoms with E-state index in [1.807, 2.05) is 13.8 Å². The molecular weight excluding hydrogens is 332 g/mol. The van der Waals surface area contributed by atoms with Crippen LogP contribution in [0.1, 0.15) is 37.6 Å². The molecule has 0 aliphatic rings. The lowest BCUT2D eigenvalue weighted by Gasteiger charge is -2.06. The van der Waals surface area contributed by atoms with Crippen LogP contribution in [-0.4, -0.2) is 27.6 Å². The Labute approximate surface area is 143 Å². The molecule has 8 nitrogen and oxygen atoms in total. The first-order valence-electron chi connectivity index (χ1n) is 7.47. The highest BCUT2D eigenvalue weighted by Gasteiger charge is 2.14. The summed E-state index contributed by atoms with van der Waals surface area (Å²) in [4.78, 5) is 22.2. The molecule has 0 saturated carbocycles. The van der Waals surface area contributed by atoms with Gasteiger partial charge in [-0.2, -0.15) is 0 Å². The van der Waals surface area contributed by atoms with E-state index in [0.717, 1.165) is 5.01 Å². The molecule has 1 amide bonds. The zero-order chi connectivity index (χ0) is 17.5. The van der Waals surface area contributed by atoms with E-state index >= 15 is 0 Å². The normalized spacial score (nSPS) is 10.6. The van der Waals surface area contributed by atoms with E-state index in [2.05, 4.69) is 15.5 Å². The summed E-state index contributed by atoms with van der Waals surface area (Å²) in [6.45, 7) is 4.23. The van der Waals surface area contributed by atoms with Gasteiger partial charge in [0.15, 0.2) is 5.75 Å². The largest absolute Gasteiger partial charge is 0.487 e. The van der Waals surface area contributed by atoms with E-state index in [-0.39, 0.29) is 36.3 Å². The minimum absolute atomic E-state index is 0.0861. The van der Waals surface area contributed by atoms with Crippen LogP contribution in [0.15, 0.2) is 24.3 Å². The van der Waals surface area contributed by atoms with E-state index in [0.29, 0.717) is 11.6 Å². The predicted octanol–water partition coefficient (Wildman–Crippen LogP) is 3.37. The molecule has 0 bridgehead atoms. The highest BCUT2D eigenvalue weighted by Crippen LogP contribution is 2.26. The summed E-state index contributed by atoms with van der Waals surface area (Å²) in [6.07, 6.45) is 0.672. The summed E-state index contributed by atoms with van der Waals surface area (Å²) in [6, 6.07) is 6.15. The van der Waals surface area contributed by atoms with Crippen molar-refractivity contribution >= 4 is 28.1 Å². The van der Waals surface area contributed by atoms with E-state index < -0.39 is 4.92 Å². The van der Waals surface area contributed by atoms with E-state index in [1.54, 1.807) is 12.1 Å².